The van der Waals surface area contributed by atoms with Crippen molar-refractivity contribution in [1.29, 1.82) is 0 Å². The fourth-order valence-corrected chi connectivity index (χ4v) is 3.48. The largest absolute Gasteiger partial charge is 0.494 e. The van der Waals surface area contributed by atoms with Crippen LogP contribution in [-0.4, -0.2) is 21.2 Å². The Bertz CT molecular complexity index is 1180. The zero-order valence-corrected chi connectivity index (χ0v) is 14.7. The Hall–Kier alpha value is -3.06. The summed E-state index contributed by atoms with van der Waals surface area (Å²) in [6.07, 6.45) is 1.64. The van der Waals surface area contributed by atoms with Crippen LogP contribution in [0, 0.1) is 5.82 Å². The summed E-state index contributed by atoms with van der Waals surface area (Å²) in [5.41, 5.74) is 1.16. The average Bonchev–Trinajstić information content (AvgIpc) is 3.16. The highest BCUT2D eigenvalue weighted by Gasteiger charge is 2.12. The lowest BCUT2D eigenvalue weighted by atomic mass is 10.2. The fourth-order valence-electron chi connectivity index (χ4n) is 2.57. The highest BCUT2D eigenvalue weighted by molar-refractivity contribution is 7.15. The molecule has 0 unspecified atom stereocenters. The van der Waals surface area contributed by atoms with Crippen LogP contribution in [0.15, 0.2) is 53.3 Å². The molecule has 26 heavy (non-hydrogen) atoms. The van der Waals surface area contributed by atoms with Crippen LogP contribution in [0.25, 0.3) is 22.4 Å². The molecule has 0 spiro atoms. The van der Waals surface area contributed by atoms with Crippen LogP contribution in [0.2, 0.25) is 0 Å². The van der Waals surface area contributed by atoms with Crippen molar-refractivity contribution in [2.24, 2.45) is 0 Å². The summed E-state index contributed by atoms with van der Waals surface area (Å²) in [6, 6.07) is 13.5. The lowest BCUT2D eigenvalue weighted by Crippen LogP contribution is -2.23. The van der Waals surface area contributed by atoms with Gasteiger partial charge < -0.3 is 4.74 Å². The number of rotatable bonds is 4. The summed E-state index contributed by atoms with van der Waals surface area (Å²) in [7, 11) is 0. The molecular weight excluding hydrogens is 353 g/mol. The van der Waals surface area contributed by atoms with Gasteiger partial charge in [0, 0.05) is 5.56 Å². The van der Waals surface area contributed by atoms with Crippen LogP contribution in [-0.2, 0) is 0 Å². The van der Waals surface area contributed by atoms with Gasteiger partial charge in [0.25, 0.3) is 5.56 Å². The number of benzene rings is 2. The molecule has 0 saturated carbocycles. The minimum Gasteiger partial charge on any atom is -0.494 e. The molecule has 4 aromatic rings. The van der Waals surface area contributed by atoms with Crippen LogP contribution in [0.3, 0.4) is 0 Å². The Kier molecular flexibility index (Phi) is 4.22. The molecule has 5 nitrogen and oxygen atoms in total. The van der Waals surface area contributed by atoms with E-state index in [2.05, 4.69) is 10.1 Å². The maximum atomic E-state index is 13.3. The number of ether oxygens (including phenoxy) is 1. The van der Waals surface area contributed by atoms with Gasteiger partial charge in [-0.25, -0.2) is 4.39 Å². The number of nitrogens with zero attached hydrogens (tertiary/aromatic N) is 3. The third kappa shape index (κ3) is 3.09. The first-order valence-electron chi connectivity index (χ1n) is 8.04. The van der Waals surface area contributed by atoms with Gasteiger partial charge in [-0.2, -0.15) is 9.50 Å². The SMILES string of the molecule is CCOc1ccc(-c2nc3s/c(=C/c4cccc(F)c4)c(=O)n3n2)cc1. The summed E-state index contributed by atoms with van der Waals surface area (Å²) < 4.78 is 20.5. The van der Waals surface area contributed by atoms with Crippen LogP contribution in [0.5, 0.6) is 5.75 Å². The first-order chi connectivity index (χ1) is 12.6. The lowest BCUT2D eigenvalue weighted by molar-refractivity contribution is 0.340. The summed E-state index contributed by atoms with van der Waals surface area (Å²) in [5, 5.41) is 4.31. The number of hydrogen-bond donors (Lipinski definition) is 0. The van der Waals surface area contributed by atoms with Gasteiger partial charge in [-0.15, -0.1) is 5.10 Å². The molecule has 0 aliphatic heterocycles. The molecular formula is C19H14FN3O2S. The van der Waals surface area contributed by atoms with E-state index in [0.29, 0.717) is 27.5 Å². The fraction of sp³-hybridized carbons (Fsp3) is 0.105. The topological polar surface area (TPSA) is 56.5 Å². The van der Waals surface area contributed by atoms with Crippen LogP contribution < -0.4 is 14.8 Å². The van der Waals surface area contributed by atoms with E-state index >= 15 is 0 Å². The van der Waals surface area contributed by atoms with Gasteiger partial charge in [-0.3, -0.25) is 4.79 Å². The van der Waals surface area contributed by atoms with Crippen molar-refractivity contribution in [2.45, 2.75) is 6.92 Å². The molecule has 0 fully saturated rings. The summed E-state index contributed by atoms with van der Waals surface area (Å²) >= 11 is 1.23. The molecule has 2 heterocycles. The van der Waals surface area contributed by atoms with Gasteiger partial charge in [0.2, 0.25) is 4.96 Å². The van der Waals surface area contributed by atoms with Gasteiger partial charge in [-0.05, 0) is 55.0 Å². The second-order valence-electron chi connectivity index (χ2n) is 5.56. The Morgan fingerprint density at radius 2 is 2.04 bits per heavy atom. The highest BCUT2D eigenvalue weighted by Crippen LogP contribution is 2.20. The molecule has 0 N–H and O–H groups in total. The number of hydrogen-bond acceptors (Lipinski definition) is 5. The van der Waals surface area contributed by atoms with Crippen LogP contribution in [0.1, 0.15) is 12.5 Å². The molecule has 0 radical (unpaired) electrons. The van der Waals surface area contributed by atoms with E-state index in [-0.39, 0.29) is 11.4 Å². The van der Waals surface area contributed by atoms with E-state index < -0.39 is 0 Å². The van der Waals surface area contributed by atoms with Gasteiger partial charge >= 0.3 is 0 Å². The Balaban J connectivity index is 1.72. The quantitative estimate of drug-likeness (QED) is 0.557. The molecule has 130 valence electrons. The lowest BCUT2D eigenvalue weighted by Gasteiger charge is -2.02. The Morgan fingerprint density at radius 1 is 1.23 bits per heavy atom. The van der Waals surface area contributed by atoms with E-state index in [1.165, 1.54) is 28.0 Å². The molecule has 0 saturated heterocycles. The van der Waals surface area contributed by atoms with Crippen molar-refractivity contribution in [2.75, 3.05) is 6.61 Å². The third-order valence-electron chi connectivity index (χ3n) is 3.75. The molecule has 7 heteroatoms. The van der Waals surface area contributed by atoms with Gasteiger partial charge in [0.1, 0.15) is 11.6 Å². The van der Waals surface area contributed by atoms with Crippen LogP contribution >= 0.6 is 11.3 Å². The monoisotopic (exact) mass is 367 g/mol. The minimum absolute atomic E-state index is 0.265. The maximum absolute atomic E-state index is 13.3. The smallest absolute Gasteiger partial charge is 0.291 e. The van der Waals surface area contributed by atoms with Crippen LogP contribution in [0.4, 0.5) is 4.39 Å². The molecule has 2 aromatic heterocycles. The van der Waals surface area contributed by atoms with Crippen molar-refractivity contribution >= 4 is 22.4 Å². The molecule has 0 bridgehead atoms. The molecule has 4 rings (SSSR count). The highest BCUT2D eigenvalue weighted by atomic mass is 32.1. The molecule has 0 aliphatic rings. The van der Waals surface area contributed by atoms with Gasteiger partial charge in [-0.1, -0.05) is 23.5 Å². The van der Waals surface area contributed by atoms with Crippen molar-refractivity contribution in [1.82, 2.24) is 14.6 Å². The average molecular weight is 367 g/mol. The molecule has 0 amide bonds. The second kappa shape index (κ2) is 6.68. The van der Waals surface area contributed by atoms with E-state index in [9.17, 15) is 9.18 Å². The molecule has 0 atom stereocenters. The zero-order chi connectivity index (χ0) is 18.1. The number of aromatic nitrogens is 3. The van der Waals surface area contributed by atoms with E-state index in [1.54, 1.807) is 18.2 Å². The maximum Gasteiger partial charge on any atom is 0.291 e. The van der Waals surface area contributed by atoms with Crippen molar-refractivity contribution in [3.8, 4) is 17.1 Å². The number of fused-ring (bicyclic) bond motifs is 1. The van der Waals surface area contributed by atoms with E-state index in [0.717, 1.165) is 11.3 Å². The van der Waals surface area contributed by atoms with Crippen molar-refractivity contribution in [3.05, 3.63) is 74.8 Å². The van der Waals surface area contributed by atoms with Crippen molar-refractivity contribution < 1.29 is 9.13 Å². The predicted octanol–water partition coefficient (Wildman–Crippen LogP) is 2.90. The van der Waals surface area contributed by atoms with Crippen molar-refractivity contribution in [3.63, 3.8) is 0 Å². The van der Waals surface area contributed by atoms with E-state index in [1.807, 2.05) is 31.2 Å². The number of thiazole rings is 1. The first-order valence-corrected chi connectivity index (χ1v) is 8.86. The summed E-state index contributed by atoms with van der Waals surface area (Å²) in [5.74, 6) is 0.908. The predicted molar refractivity (Wildman–Crippen MR) is 98.9 cm³/mol. The van der Waals surface area contributed by atoms with E-state index in [4.69, 9.17) is 4.74 Å². The minimum atomic E-state index is -0.344. The van der Waals surface area contributed by atoms with Gasteiger partial charge in [0.15, 0.2) is 5.82 Å². The molecule has 2 aromatic carbocycles. The standard InChI is InChI=1S/C19H14FN3O2S/c1-2-25-15-8-6-13(7-9-15)17-21-19-23(22-17)18(24)16(26-19)11-12-4-3-5-14(20)10-12/h3-11H,2H2,1H3/b16-11+. The third-order valence-corrected chi connectivity index (χ3v) is 4.71. The molecule has 0 aliphatic carbocycles. The summed E-state index contributed by atoms with van der Waals surface area (Å²) in [6.45, 7) is 2.52. The Labute approximate surface area is 152 Å². The normalized spacial score (nSPS) is 12.0. The summed E-state index contributed by atoms with van der Waals surface area (Å²) in [4.78, 5) is 17.5. The zero-order valence-electron chi connectivity index (χ0n) is 13.8. The van der Waals surface area contributed by atoms with Gasteiger partial charge in [0.05, 0.1) is 11.1 Å². The second-order valence-corrected chi connectivity index (χ2v) is 6.57. The first kappa shape index (κ1) is 16.4. The Morgan fingerprint density at radius 3 is 2.73 bits per heavy atom. The number of halogens is 1.